The van der Waals surface area contributed by atoms with E-state index in [1.54, 1.807) is 51.1 Å². The third-order valence-electron chi connectivity index (χ3n) is 7.08. The molecule has 3 amide bonds. The van der Waals surface area contributed by atoms with Gasteiger partial charge in [0.2, 0.25) is 11.8 Å². The minimum atomic E-state index is -1.40. The molecular formula is C29H35Cl2N3O5. The summed E-state index contributed by atoms with van der Waals surface area (Å²) in [5, 5.41) is 14.2. The van der Waals surface area contributed by atoms with Gasteiger partial charge in [0.1, 0.15) is 0 Å². The van der Waals surface area contributed by atoms with Crippen molar-refractivity contribution < 1.29 is 24.3 Å². The Balaban J connectivity index is 1.97. The molecule has 1 aliphatic rings. The van der Waals surface area contributed by atoms with Crippen molar-refractivity contribution in [3.8, 4) is 0 Å². The number of carbonyl (C=O) groups excluding carboxylic acids is 3. The van der Waals surface area contributed by atoms with Crippen LogP contribution in [0.5, 0.6) is 0 Å². The van der Waals surface area contributed by atoms with E-state index in [1.807, 2.05) is 6.07 Å². The second kappa shape index (κ2) is 12.8. The molecule has 0 aliphatic heterocycles. The summed E-state index contributed by atoms with van der Waals surface area (Å²) in [7, 11) is 0. The molecule has 0 bridgehead atoms. The van der Waals surface area contributed by atoms with E-state index in [2.05, 4.69) is 10.7 Å². The maximum atomic E-state index is 14.3. The van der Waals surface area contributed by atoms with E-state index in [4.69, 9.17) is 23.2 Å². The molecule has 3 rings (SSSR count). The van der Waals surface area contributed by atoms with Crippen molar-refractivity contribution in [2.75, 3.05) is 6.54 Å². The highest BCUT2D eigenvalue weighted by Crippen LogP contribution is 2.43. The van der Waals surface area contributed by atoms with Crippen LogP contribution in [0.25, 0.3) is 0 Å². The van der Waals surface area contributed by atoms with Crippen LogP contribution in [0.2, 0.25) is 10.0 Å². The van der Waals surface area contributed by atoms with Gasteiger partial charge in [-0.25, -0.2) is 9.80 Å². The van der Waals surface area contributed by atoms with Gasteiger partial charge < -0.3 is 10.4 Å². The predicted molar refractivity (Wildman–Crippen MR) is 150 cm³/mol. The number of carbonyl (C=O) groups is 4. The Bertz CT molecular complexity index is 1190. The zero-order valence-electron chi connectivity index (χ0n) is 22.4. The summed E-state index contributed by atoms with van der Waals surface area (Å²) in [6.45, 7) is 5.65. The summed E-state index contributed by atoms with van der Waals surface area (Å²) in [5.74, 6) is -2.71. The lowest BCUT2D eigenvalue weighted by atomic mass is 9.80. The third kappa shape index (κ3) is 7.51. The van der Waals surface area contributed by atoms with Crippen LogP contribution in [-0.2, 0) is 20.8 Å². The largest absolute Gasteiger partial charge is 0.480 e. The third-order valence-corrected chi connectivity index (χ3v) is 7.71. The molecule has 1 atom stereocenters. The molecular weight excluding hydrogens is 541 g/mol. The summed E-state index contributed by atoms with van der Waals surface area (Å²) >= 11 is 12.5. The fourth-order valence-electron chi connectivity index (χ4n) is 4.84. The lowest BCUT2D eigenvalue weighted by Gasteiger charge is -2.37. The molecule has 1 aliphatic carbocycles. The first-order valence-electron chi connectivity index (χ1n) is 13.0. The summed E-state index contributed by atoms with van der Waals surface area (Å²) < 4.78 is 0. The summed E-state index contributed by atoms with van der Waals surface area (Å²) in [5.41, 5.74) is 1.64. The molecule has 8 nitrogen and oxygen atoms in total. The first-order chi connectivity index (χ1) is 18.4. The molecule has 0 unspecified atom stereocenters. The van der Waals surface area contributed by atoms with Crippen molar-refractivity contribution in [2.45, 2.75) is 65.3 Å². The maximum Gasteiger partial charge on any atom is 0.328 e. The van der Waals surface area contributed by atoms with E-state index in [0.29, 0.717) is 24.8 Å². The first kappa shape index (κ1) is 30.4. The van der Waals surface area contributed by atoms with Crippen LogP contribution in [-0.4, -0.2) is 46.4 Å². The molecule has 1 saturated carbocycles. The fourth-order valence-corrected chi connectivity index (χ4v) is 5.40. The lowest BCUT2D eigenvalue weighted by molar-refractivity contribution is -0.158. The van der Waals surface area contributed by atoms with Gasteiger partial charge in [-0.15, -0.1) is 0 Å². The summed E-state index contributed by atoms with van der Waals surface area (Å²) in [4.78, 5) is 52.7. The van der Waals surface area contributed by atoms with Gasteiger partial charge in [0.15, 0.2) is 6.04 Å². The number of carboxylic acids is 1. The van der Waals surface area contributed by atoms with Crippen molar-refractivity contribution in [3.05, 3.63) is 69.7 Å². The normalized spacial score (nSPS) is 15.3. The minimum absolute atomic E-state index is 0.0325. The average Bonchev–Trinajstić information content (AvgIpc) is 3.35. The number of nitrogens with one attached hydrogen (secondary N) is 2. The number of carboxylic acid groups (broad SMARTS) is 1. The molecule has 0 spiro atoms. The van der Waals surface area contributed by atoms with Crippen LogP contribution >= 0.6 is 23.2 Å². The molecule has 10 heteroatoms. The zero-order chi connectivity index (χ0) is 28.8. The number of rotatable bonds is 9. The lowest BCUT2D eigenvalue weighted by Crippen LogP contribution is -2.59. The molecule has 2 aromatic rings. The van der Waals surface area contributed by atoms with Crippen molar-refractivity contribution in [1.82, 2.24) is 15.8 Å². The highest BCUT2D eigenvalue weighted by molar-refractivity contribution is 6.39. The summed E-state index contributed by atoms with van der Waals surface area (Å²) in [6, 6.07) is 12.1. The maximum absolute atomic E-state index is 14.3. The van der Waals surface area contributed by atoms with Crippen LogP contribution in [0.1, 0.15) is 68.8 Å². The molecule has 0 heterocycles. The van der Waals surface area contributed by atoms with E-state index in [1.165, 1.54) is 12.1 Å². The molecule has 0 radical (unpaired) electrons. The average molecular weight is 577 g/mol. The highest BCUT2D eigenvalue weighted by Gasteiger charge is 2.47. The van der Waals surface area contributed by atoms with Crippen LogP contribution in [0.3, 0.4) is 0 Å². The Labute approximate surface area is 239 Å². The number of amides is 3. The van der Waals surface area contributed by atoms with Gasteiger partial charge in [-0.1, -0.05) is 93.2 Å². The highest BCUT2D eigenvalue weighted by atomic mass is 35.5. The minimum Gasteiger partial charge on any atom is -0.480 e. The molecule has 0 saturated heterocycles. The van der Waals surface area contributed by atoms with Crippen LogP contribution in [0.15, 0.2) is 48.5 Å². The van der Waals surface area contributed by atoms with Crippen LogP contribution < -0.4 is 10.7 Å². The zero-order valence-corrected chi connectivity index (χ0v) is 23.9. The molecule has 210 valence electrons. The Morgan fingerprint density at radius 2 is 1.56 bits per heavy atom. The van der Waals surface area contributed by atoms with Gasteiger partial charge in [0, 0.05) is 18.4 Å². The van der Waals surface area contributed by atoms with E-state index in [0.717, 1.165) is 17.9 Å². The van der Waals surface area contributed by atoms with E-state index in [-0.39, 0.29) is 34.5 Å². The van der Waals surface area contributed by atoms with E-state index in [9.17, 15) is 24.3 Å². The molecule has 2 aromatic carbocycles. The number of aliphatic carboxylic acids is 1. The van der Waals surface area contributed by atoms with Gasteiger partial charge >= 0.3 is 5.97 Å². The number of nitrogens with zero attached hydrogens (tertiary/aromatic N) is 1. The monoisotopic (exact) mass is 575 g/mol. The second-order valence-electron chi connectivity index (χ2n) is 11.0. The molecule has 39 heavy (non-hydrogen) atoms. The van der Waals surface area contributed by atoms with Crippen molar-refractivity contribution in [1.29, 1.82) is 0 Å². The van der Waals surface area contributed by atoms with E-state index >= 15 is 0 Å². The van der Waals surface area contributed by atoms with Gasteiger partial charge in [0.25, 0.3) is 5.91 Å². The number of benzene rings is 2. The quantitative estimate of drug-likeness (QED) is 0.352. The molecule has 0 aromatic heterocycles. The Hall–Kier alpha value is -3.10. The predicted octanol–water partition coefficient (Wildman–Crippen LogP) is 5.28. The second-order valence-corrected chi connectivity index (χ2v) is 11.8. The van der Waals surface area contributed by atoms with Crippen molar-refractivity contribution in [2.24, 2.45) is 10.8 Å². The fraction of sp³-hybridized carbons (Fsp3) is 0.448. The van der Waals surface area contributed by atoms with Gasteiger partial charge in [-0.05, 0) is 37.0 Å². The first-order valence-corrected chi connectivity index (χ1v) is 13.7. The van der Waals surface area contributed by atoms with Crippen LogP contribution in [0.4, 0.5) is 0 Å². The Morgan fingerprint density at radius 3 is 2.10 bits per heavy atom. The van der Waals surface area contributed by atoms with Crippen LogP contribution in [0, 0.1) is 10.8 Å². The number of hydrogen-bond donors (Lipinski definition) is 3. The van der Waals surface area contributed by atoms with Gasteiger partial charge in [-0.2, -0.15) is 0 Å². The van der Waals surface area contributed by atoms with E-state index < -0.39 is 34.7 Å². The molecule has 1 fully saturated rings. The SMILES string of the molecule is CC(C)(C)C(=O)NCCC1(C(=O)N(NC(=O)c2c(Cl)cccc2Cl)[C@@H](Cc2ccccc2)C(=O)O)CCCC1. The number of hydrazine groups is 1. The Morgan fingerprint density at radius 1 is 0.974 bits per heavy atom. The standard InChI is InChI=1S/C29H35Cl2N3O5/c1-28(2,3)26(38)32-17-16-29(14-7-8-15-29)27(39)34(22(25(36)37)18-19-10-5-4-6-11-19)33-24(35)23-20(30)12-9-13-21(23)31/h4-6,9-13,22H,7-8,14-18H2,1-3H3,(H,32,38)(H,33,35)(H,36,37)/t22-/m0/s1. The Kier molecular flexibility index (Phi) is 10.0. The van der Waals surface area contributed by atoms with Crippen molar-refractivity contribution in [3.63, 3.8) is 0 Å². The van der Waals surface area contributed by atoms with Crippen molar-refractivity contribution >= 4 is 46.9 Å². The number of hydrogen-bond acceptors (Lipinski definition) is 4. The smallest absolute Gasteiger partial charge is 0.328 e. The van der Waals surface area contributed by atoms with Gasteiger partial charge in [-0.3, -0.25) is 19.8 Å². The molecule has 3 N–H and O–H groups in total. The topological polar surface area (TPSA) is 116 Å². The van der Waals surface area contributed by atoms with Gasteiger partial charge in [0.05, 0.1) is 21.0 Å². The summed E-state index contributed by atoms with van der Waals surface area (Å²) in [6.07, 6.45) is 2.84. The number of halogens is 2.